The number of ether oxygens (including phenoxy) is 1. The maximum Gasteiger partial charge on any atom is 0.217 e. The lowest BCUT2D eigenvalue weighted by molar-refractivity contribution is 0.191. The Kier molecular flexibility index (Phi) is 6.08. The summed E-state index contributed by atoms with van der Waals surface area (Å²) in [6.07, 6.45) is 13.5. The van der Waals surface area contributed by atoms with Crippen molar-refractivity contribution < 1.29 is 9.15 Å². The van der Waals surface area contributed by atoms with Gasteiger partial charge in [-0.2, -0.15) is 0 Å². The summed E-state index contributed by atoms with van der Waals surface area (Å²) in [6, 6.07) is 33.5. The zero-order valence-corrected chi connectivity index (χ0v) is 26.2. The van der Waals surface area contributed by atoms with Crippen molar-refractivity contribution in [1.82, 2.24) is 10.3 Å². The highest BCUT2D eigenvalue weighted by Crippen LogP contribution is 2.49. The Morgan fingerprint density at radius 2 is 1.72 bits per heavy atom. The van der Waals surface area contributed by atoms with Crippen LogP contribution in [0.25, 0.3) is 38.7 Å². The van der Waals surface area contributed by atoms with Gasteiger partial charge in [0.2, 0.25) is 5.88 Å². The van der Waals surface area contributed by atoms with Crippen LogP contribution in [0.2, 0.25) is 0 Å². The number of nitrogens with zero attached hydrogens (tertiary/aromatic N) is 2. The van der Waals surface area contributed by atoms with Gasteiger partial charge in [0.05, 0.1) is 6.04 Å². The van der Waals surface area contributed by atoms with E-state index in [2.05, 4.69) is 112 Å². The van der Waals surface area contributed by atoms with Gasteiger partial charge in [-0.3, -0.25) is 0 Å². The molecule has 6 aromatic rings. The van der Waals surface area contributed by atoms with Crippen LogP contribution < -0.4 is 15.0 Å². The zero-order valence-electron chi connectivity index (χ0n) is 26.2. The third kappa shape index (κ3) is 4.26. The van der Waals surface area contributed by atoms with Crippen molar-refractivity contribution in [2.45, 2.75) is 56.7 Å². The van der Waals surface area contributed by atoms with Crippen LogP contribution in [0.4, 0.5) is 5.69 Å². The van der Waals surface area contributed by atoms with Crippen molar-refractivity contribution in [3.63, 3.8) is 0 Å². The Bertz CT molecular complexity index is 2240. The largest absolute Gasteiger partial charge is 0.473 e. The van der Waals surface area contributed by atoms with Crippen molar-refractivity contribution >= 4 is 33.3 Å². The molecule has 3 unspecified atom stereocenters. The molecule has 0 saturated carbocycles. The van der Waals surface area contributed by atoms with Crippen LogP contribution in [0.5, 0.6) is 5.88 Å². The quantitative estimate of drug-likeness (QED) is 0.201. The Labute approximate surface area is 274 Å². The average Bonchev–Trinajstić information content (AvgIpc) is 3.70. The van der Waals surface area contributed by atoms with Crippen molar-refractivity contribution in [3.05, 3.63) is 143 Å². The van der Waals surface area contributed by atoms with E-state index in [1.165, 1.54) is 60.7 Å². The normalized spacial score (nSPS) is 20.9. The number of furan rings is 1. The highest BCUT2D eigenvalue weighted by atomic mass is 16.5. The smallest absolute Gasteiger partial charge is 0.217 e. The van der Waals surface area contributed by atoms with E-state index < -0.39 is 0 Å². The number of pyridine rings is 1. The minimum Gasteiger partial charge on any atom is -0.473 e. The summed E-state index contributed by atoms with van der Waals surface area (Å²) >= 11 is 0. The number of hydrogen-bond acceptors (Lipinski definition) is 5. The minimum absolute atomic E-state index is 0.0940. The summed E-state index contributed by atoms with van der Waals surface area (Å²) in [5.74, 6) is 3.31. The van der Waals surface area contributed by atoms with E-state index in [0.717, 1.165) is 56.0 Å². The van der Waals surface area contributed by atoms with E-state index in [9.17, 15) is 0 Å². The van der Waals surface area contributed by atoms with Crippen LogP contribution >= 0.6 is 0 Å². The Hall–Kier alpha value is -5.29. The second-order valence-electron chi connectivity index (χ2n) is 13.3. The van der Waals surface area contributed by atoms with Crippen LogP contribution in [0.3, 0.4) is 0 Å². The SMILES string of the molecule is C1=Cc2oc3c(c2CN1)C(N(C1=CCC2c4cccnc4OC2C1)c1ccc(-c2cc4ccccc4c4ccccc24)cc1)CCC3. The maximum absolute atomic E-state index is 6.50. The molecule has 2 aliphatic heterocycles. The number of anilines is 1. The van der Waals surface area contributed by atoms with E-state index in [1.807, 2.05) is 18.5 Å². The van der Waals surface area contributed by atoms with E-state index in [-0.39, 0.29) is 12.1 Å². The first kappa shape index (κ1) is 26.9. The molecule has 0 fully saturated rings. The molecule has 5 nitrogen and oxygen atoms in total. The number of nitrogens with one attached hydrogen (secondary N) is 1. The summed E-state index contributed by atoms with van der Waals surface area (Å²) in [7, 11) is 0. The molecule has 47 heavy (non-hydrogen) atoms. The molecule has 0 spiro atoms. The van der Waals surface area contributed by atoms with Crippen LogP contribution in [0.1, 0.15) is 65.9 Å². The molecule has 10 rings (SSSR count). The number of benzene rings is 4. The average molecular weight is 614 g/mol. The fourth-order valence-electron chi connectivity index (χ4n) is 8.66. The maximum atomic E-state index is 6.50. The molecule has 3 atom stereocenters. The van der Waals surface area contributed by atoms with Crippen LogP contribution in [0.15, 0.2) is 120 Å². The Morgan fingerprint density at radius 1 is 0.872 bits per heavy atom. The summed E-state index contributed by atoms with van der Waals surface area (Å²) in [5.41, 5.74) is 8.96. The molecule has 2 aromatic heterocycles. The molecule has 4 heterocycles. The third-order valence-electron chi connectivity index (χ3n) is 10.8. The van der Waals surface area contributed by atoms with Crippen LogP contribution in [-0.2, 0) is 13.0 Å². The summed E-state index contributed by atoms with van der Waals surface area (Å²) in [6.45, 7) is 0.802. The molecular formula is C42H35N3O2. The summed E-state index contributed by atoms with van der Waals surface area (Å²) in [4.78, 5) is 7.18. The van der Waals surface area contributed by atoms with Crippen molar-refractivity contribution in [2.75, 3.05) is 4.90 Å². The number of aromatic nitrogens is 1. The summed E-state index contributed by atoms with van der Waals surface area (Å²) < 4.78 is 13.0. The van der Waals surface area contributed by atoms with Crippen molar-refractivity contribution in [3.8, 4) is 17.0 Å². The Balaban J connectivity index is 1.08. The lowest BCUT2D eigenvalue weighted by Gasteiger charge is -2.40. The van der Waals surface area contributed by atoms with Gasteiger partial charge in [-0.25, -0.2) is 4.98 Å². The second kappa shape index (κ2) is 10.6. The lowest BCUT2D eigenvalue weighted by atomic mass is 9.83. The molecule has 0 saturated heterocycles. The lowest BCUT2D eigenvalue weighted by Crippen LogP contribution is -2.35. The number of fused-ring (bicyclic) bond motifs is 9. The van der Waals surface area contributed by atoms with E-state index in [0.29, 0.717) is 5.92 Å². The highest BCUT2D eigenvalue weighted by Gasteiger charge is 2.41. The predicted octanol–water partition coefficient (Wildman–Crippen LogP) is 9.83. The standard InChI is InChI=1S/C42H35N3O2/c1-2-8-30-27(7-1)23-35(32-10-4-3-9-31(30)32)26-14-16-28(17-15-26)45(29-18-19-33-34-11-6-21-44-42(34)47-40(33)24-29)37-12-5-13-39-41(37)36-25-43-22-20-38(36)46-39/h1-4,6-11,14-18,20-23,33,37,40,43H,5,12-13,19,24-25H2. The first-order valence-corrected chi connectivity index (χ1v) is 17.0. The monoisotopic (exact) mass is 613 g/mol. The number of hydrogen-bond donors (Lipinski definition) is 1. The van der Waals surface area contributed by atoms with Gasteiger partial charge in [-0.15, -0.1) is 0 Å². The number of aryl methyl sites for hydroxylation is 1. The first-order chi connectivity index (χ1) is 23.3. The number of allylic oxidation sites excluding steroid dienone is 1. The third-order valence-corrected chi connectivity index (χ3v) is 10.8. The van der Waals surface area contributed by atoms with E-state index in [4.69, 9.17) is 9.15 Å². The van der Waals surface area contributed by atoms with Gasteiger partial charge in [0.25, 0.3) is 0 Å². The molecule has 0 radical (unpaired) electrons. The summed E-state index contributed by atoms with van der Waals surface area (Å²) in [5, 5.41) is 8.59. The van der Waals surface area contributed by atoms with Crippen molar-refractivity contribution in [2.24, 2.45) is 0 Å². The molecule has 2 aliphatic carbocycles. The topological polar surface area (TPSA) is 50.5 Å². The van der Waals surface area contributed by atoms with Gasteiger partial charge >= 0.3 is 0 Å². The van der Waals surface area contributed by atoms with Gasteiger partial charge < -0.3 is 19.4 Å². The van der Waals surface area contributed by atoms with Gasteiger partial charge in [-0.1, -0.05) is 72.8 Å². The van der Waals surface area contributed by atoms with Crippen LogP contribution in [0, 0.1) is 0 Å². The van der Waals surface area contributed by atoms with Gasteiger partial charge in [0.15, 0.2) is 0 Å². The highest BCUT2D eigenvalue weighted by molar-refractivity contribution is 6.13. The van der Waals surface area contributed by atoms with E-state index in [1.54, 1.807) is 0 Å². The molecule has 4 aromatic carbocycles. The first-order valence-electron chi connectivity index (χ1n) is 17.0. The molecule has 1 N–H and O–H groups in total. The van der Waals surface area contributed by atoms with Crippen LogP contribution in [-0.4, -0.2) is 11.1 Å². The van der Waals surface area contributed by atoms with Gasteiger partial charge in [-0.05, 0) is 82.3 Å². The Morgan fingerprint density at radius 3 is 2.64 bits per heavy atom. The minimum atomic E-state index is 0.0940. The fourth-order valence-corrected chi connectivity index (χ4v) is 8.66. The molecular weight excluding hydrogens is 578 g/mol. The zero-order chi connectivity index (χ0) is 30.9. The molecule has 0 amide bonds. The molecule has 5 heteroatoms. The van der Waals surface area contributed by atoms with Gasteiger partial charge in [0, 0.05) is 65.8 Å². The van der Waals surface area contributed by atoms with Crippen molar-refractivity contribution in [1.29, 1.82) is 0 Å². The second-order valence-corrected chi connectivity index (χ2v) is 13.3. The van der Waals surface area contributed by atoms with Gasteiger partial charge in [0.1, 0.15) is 17.6 Å². The molecule has 230 valence electrons. The molecule has 4 aliphatic rings. The fraction of sp³-hybridized carbons (Fsp3) is 0.214. The predicted molar refractivity (Wildman–Crippen MR) is 188 cm³/mol. The van der Waals surface area contributed by atoms with E-state index >= 15 is 0 Å². The molecule has 0 bridgehead atoms. The number of rotatable bonds is 4.